The first-order chi connectivity index (χ1) is 11.1. The molecule has 1 N–H and O–H groups in total. The quantitative estimate of drug-likeness (QED) is 0.535. The summed E-state index contributed by atoms with van der Waals surface area (Å²) in [6.07, 6.45) is 1.16. The average Bonchev–Trinajstić information content (AvgIpc) is 2.55. The van der Waals surface area contributed by atoms with Crippen molar-refractivity contribution in [3.63, 3.8) is 0 Å². The molecule has 0 saturated carbocycles. The highest BCUT2D eigenvalue weighted by Crippen LogP contribution is 2.09. The Hall–Kier alpha value is -3.02. The van der Waals surface area contributed by atoms with E-state index >= 15 is 0 Å². The van der Waals surface area contributed by atoms with Crippen molar-refractivity contribution in [2.24, 2.45) is 5.10 Å². The van der Waals surface area contributed by atoms with E-state index < -0.39 is 10.0 Å². The van der Waals surface area contributed by atoms with Crippen LogP contribution in [-0.2, 0) is 10.0 Å². The summed E-state index contributed by atoms with van der Waals surface area (Å²) in [5.41, 5.74) is 1.84. The Bertz CT molecular complexity index is 908. The van der Waals surface area contributed by atoms with Crippen LogP contribution in [-0.4, -0.2) is 14.6 Å². The summed E-state index contributed by atoms with van der Waals surface area (Å²) < 4.78 is 23.8. The number of sulfonamides is 1. The van der Waals surface area contributed by atoms with E-state index in [2.05, 4.69) is 33.6 Å². The number of hydrazone groups is 1. The normalized spacial score (nSPS) is 10.3. The third-order valence-corrected chi connectivity index (χ3v) is 3.99. The van der Waals surface area contributed by atoms with Crippen molar-refractivity contribution in [1.29, 1.82) is 0 Å². The van der Waals surface area contributed by atoms with Crippen LogP contribution in [0, 0.1) is 30.6 Å². The van der Waals surface area contributed by atoms with Gasteiger partial charge in [0.25, 0.3) is 10.0 Å². The van der Waals surface area contributed by atoms with Crippen molar-refractivity contribution < 1.29 is 8.42 Å². The van der Waals surface area contributed by atoms with Crippen LogP contribution in [0.1, 0.15) is 11.1 Å². The number of hydrogen-bond acceptors (Lipinski definition) is 3. The molecule has 5 heteroatoms. The summed E-state index contributed by atoms with van der Waals surface area (Å²) in [5.74, 6) is 10.6. The number of rotatable bonds is 3. The third-order valence-electron chi connectivity index (χ3n) is 2.75. The van der Waals surface area contributed by atoms with E-state index in [9.17, 15) is 8.42 Å². The molecule has 2 aromatic carbocycles. The molecule has 0 spiro atoms. The van der Waals surface area contributed by atoms with E-state index in [1.54, 1.807) is 12.1 Å². The van der Waals surface area contributed by atoms with Crippen LogP contribution in [0.25, 0.3) is 0 Å². The van der Waals surface area contributed by atoms with Gasteiger partial charge >= 0.3 is 0 Å². The number of aryl methyl sites for hydroxylation is 1. The molecule has 0 bridgehead atoms. The molecule has 2 rings (SSSR count). The second kappa shape index (κ2) is 7.84. The van der Waals surface area contributed by atoms with Crippen LogP contribution in [0.15, 0.2) is 64.6 Å². The molecular weight excluding hydrogens is 308 g/mol. The van der Waals surface area contributed by atoms with Crippen molar-refractivity contribution in [2.75, 3.05) is 0 Å². The molecule has 0 aliphatic rings. The molecule has 0 radical (unpaired) electrons. The van der Waals surface area contributed by atoms with Gasteiger partial charge < -0.3 is 0 Å². The molecule has 0 atom stereocenters. The lowest BCUT2D eigenvalue weighted by atomic mass is 10.2. The molecule has 0 aromatic heterocycles. The minimum Gasteiger partial charge on any atom is -0.200 e. The Labute approximate surface area is 136 Å². The van der Waals surface area contributed by atoms with Crippen LogP contribution in [0.2, 0.25) is 0 Å². The maximum Gasteiger partial charge on any atom is 0.276 e. The van der Waals surface area contributed by atoms with Crippen molar-refractivity contribution in [3.05, 3.63) is 65.7 Å². The van der Waals surface area contributed by atoms with E-state index in [1.807, 2.05) is 37.3 Å². The number of benzene rings is 2. The lowest BCUT2D eigenvalue weighted by Gasteiger charge is -2.02. The number of hydrogen-bond donors (Lipinski definition) is 1. The van der Waals surface area contributed by atoms with E-state index in [1.165, 1.54) is 12.1 Å². The van der Waals surface area contributed by atoms with Gasteiger partial charge in [-0.1, -0.05) is 41.8 Å². The largest absolute Gasteiger partial charge is 0.276 e. The summed E-state index contributed by atoms with van der Waals surface area (Å²) >= 11 is 0. The molecular formula is C18H14N2O2S. The van der Waals surface area contributed by atoms with Crippen molar-refractivity contribution in [3.8, 4) is 23.7 Å². The van der Waals surface area contributed by atoms with Crippen molar-refractivity contribution in [1.82, 2.24) is 4.83 Å². The SMILES string of the molecule is Cc1ccc(S(=O)(=O)N/N=C/C#CC#Cc2ccccc2)cc1. The summed E-state index contributed by atoms with van der Waals surface area (Å²) in [7, 11) is -3.66. The summed E-state index contributed by atoms with van der Waals surface area (Å²) in [4.78, 5) is 2.24. The first-order valence-electron chi connectivity index (χ1n) is 6.74. The summed E-state index contributed by atoms with van der Waals surface area (Å²) in [6.45, 7) is 1.88. The zero-order valence-corrected chi connectivity index (χ0v) is 13.3. The van der Waals surface area contributed by atoms with Crippen LogP contribution >= 0.6 is 0 Å². The fourth-order valence-electron chi connectivity index (χ4n) is 1.59. The summed E-state index contributed by atoms with van der Waals surface area (Å²) in [5, 5.41) is 3.58. The zero-order chi connectivity index (χ0) is 16.5. The minimum atomic E-state index is -3.66. The van der Waals surface area contributed by atoms with E-state index in [0.717, 1.165) is 17.3 Å². The molecule has 114 valence electrons. The van der Waals surface area contributed by atoms with Crippen molar-refractivity contribution >= 4 is 16.2 Å². The Morgan fingerprint density at radius 3 is 2.39 bits per heavy atom. The van der Waals surface area contributed by atoms with Gasteiger partial charge in [0, 0.05) is 5.56 Å². The molecule has 0 aliphatic carbocycles. The van der Waals surface area contributed by atoms with Gasteiger partial charge in [-0.15, -0.1) is 0 Å². The zero-order valence-electron chi connectivity index (χ0n) is 12.4. The maximum absolute atomic E-state index is 11.9. The van der Waals surface area contributed by atoms with E-state index in [-0.39, 0.29) is 4.90 Å². The monoisotopic (exact) mass is 322 g/mol. The predicted octanol–water partition coefficient (Wildman–Crippen LogP) is 2.31. The predicted molar refractivity (Wildman–Crippen MR) is 91.1 cm³/mol. The fraction of sp³-hybridized carbons (Fsp3) is 0.0556. The molecule has 0 saturated heterocycles. The molecule has 2 aromatic rings. The first kappa shape index (κ1) is 16.4. The lowest BCUT2D eigenvalue weighted by molar-refractivity contribution is 0.584. The Morgan fingerprint density at radius 1 is 1.00 bits per heavy atom. The van der Waals surface area contributed by atoms with Gasteiger partial charge in [-0.3, -0.25) is 0 Å². The summed E-state index contributed by atoms with van der Waals surface area (Å²) in [6, 6.07) is 15.9. The topological polar surface area (TPSA) is 58.5 Å². The molecule has 23 heavy (non-hydrogen) atoms. The minimum absolute atomic E-state index is 0.150. The first-order valence-corrected chi connectivity index (χ1v) is 8.23. The van der Waals surface area contributed by atoms with Gasteiger partial charge in [-0.05, 0) is 49.0 Å². The molecule has 0 unspecified atom stereocenters. The van der Waals surface area contributed by atoms with Gasteiger partial charge in [0.1, 0.15) is 0 Å². The Morgan fingerprint density at radius 2 is 1.70 bits per heavy atom. The standard InChI is InChI=1S/C18H14N2O2S/c1-16-11-13-18(14-12-16)23(21,22)20-19-15-7-3-6-10-17-8-4-2-5-9-17/h2,4-5,8-9,11-15,20H,1H3/b19-15+. The number of nitrogens with one attached hydrogen (secondary N) is 1. The van der Waals surface area contributed by atoms with Gasteiger partial charge in [-0.25, -0.2) is 0 Å². The second-order valence-electron chi connectivity index (χ2n) is 4.55. The van der Waals surface area contributed by atoms with Crippen LogP contribution < -0.4 is 4.83 Å². The molecule has 4 nitrogen and oxygen atoms in total. The highest BCUT2D eigenvalue weighted by Gasteiger charge is 2.11. The van der Waals surface area contributed by atoms with Gasteiger partial charge in [-0.2, -0.15) is 18.4 Å². The van der Waals surface area contributed by atoms with Crippen LogP contribution in [0.4, 0.5) is 0 Å². The van der Waals surface area contributed by atoms with Gasteiger partial charge in [0.05, 0.1) is 11.1 Å². The van der Waals surface area contributed by atoms with Gasteiger partial charge in [0.2, 0.25) is 0 Å². The number of nitrogens with zero attached hydrogens (tertiary/aromatic N) is 1. The van der Waals surface area contributed by atoms with Crippen LogP contribution in [0.3, 0.4) is 0 Å². The van der Waals surface area contributed by atoms with Crippen LogP contribution in [0.5, 0.6) is 0 Å². The maximum atomic E-state index is 11.9. The van der Waals surface area contributed by atoms with Crippen molar-refractivity contribution in [2.45, 2.75) is 11.8 Å². The average molecular weight is 322 g/mol. The van der Waals surface area contributed by atoms with Gasteiger partial charge in [0.15, 0.2) is 0 Å². The molecule has 0 heterocycles. The molecule has 0 aliphatic heterocycles. The Balaban J connectivity index is 1.94. The highest BCUT2D eigenvalue weighted by atomic mass is 32.2. The highest BCUT2D eigenvalue weighted by molar-refractivity contribution is 7.89. The molecule has 0 fully saturated rings. The second-order valence-corrected chi connectivity index (χ2v) is 6.21. The third kappa shape index (κ3) is 5.35. The lowest BCUT2D eigenvalue weighted by Crippen LogP contribution is -2.18. The van der Waals surface area contributed by atoms with E-state index in [0.29, 0.717) is 0 Å². The smallest absolute Gasteiger partial charge is 0.200 e. The fourth-order valence-corrected chi connectivity index (χ4v) is 2.38. The molecule has 0 amide bonds. The van der Waals surface area contributed by atoms with E-state index in [4.69, 9.17) is 0 Å². The Kier molecular flexibility index (Phi) is 5.57.